The van der Waals surface area contributed by atoms with Crippen molar-refractivity contribution in [3.05, 3.63) is 220 Å². The fourth-order valence-corrected chi connectivity index (χ4v) is 6.63. The van der Waals surface area contributed by atoms with Crippen LogP contribution in [0.4, 0.5) is 55.3 Å². The van der Waals surface area contributed by atoms with Crippen molar-refractivity contribution in [2.45, 2.75) is 6.42 Å². The van der Waals surface area contributed by atoms with Crippen LogP contribution in [0, 0.1) is 65.6 Å². The van der Waals surface area contributed by atoms with Crippen LogP contribution in [-0.2, 0) is 38.6 Å². The second kappa shape index (κ2) is 24.3. The number of halogens is 10. The molecule has 365 valence electrons. The molecule has 2 aromatic heterocycles. The Bertz CT molecular complexity index is 3300. The molecule has 1 N–H and O–H groups in total. The molecule has 8 nitrogen and oxygen atoms in total. The predicted octanol–water partition coefficient (Wildman–Crippen LogP) is 12.4. The van der Waals surface area contributed by atoms with Crippen LogP contribution in [0.3, 0.4) is 0 Å². The Kier molecular flexibility index (Phi) is 19.1. The maximum absolute atomic E-state index is 13.9. The first-order valence-electron chi connectivity index (χ1n) is 19.6. The quantitative estimate of drug-likeness (QED) is 0.0278. The van der Waals surface area contributed by atoms with Crippen LogP contribution in [0.2, 0.25) is 0 Å². The van der Waals surface area contributed by atoms with Gasteiger partial charge < -0.3 is 12.4 Å². The third kappa shape index (κ3) is 11.9. The molecule has 20 heteroatoms. The monoisotopic (exact) mass is 1070 g/mol. The van der Waals surface area contributed by atoms with Crippen molar-refractivity contribution < 1.29 is 92.1 Å². The third-order valence-electron chi connectivity index (χ3n) is 9.93. The van der Waals surface area contributed by atoms with Crippen molar-refractivity contribution in [2.24, 2.45) is 9.98 Å². The average Bonchev–Trinajstić information content (AvgIpc) is 3.36. The van der Waals surface area contributed by atoms with E-state index in [9.17, 15) is 63.1 Å². The SMILES string of the molecule is O=C(C=Nc1c(F)c(F)c(F)c(F)c1F)c1cc(-c2ccccc2)[nH]c(=O)c1-c1ccccc1.O=C1CC=CC=C1c1ccc(-c2ccccc2)nc1C(=O)C=Nc1c(F)c(F)c(F)c(F)c1F.[CH3-].[Co].[Fe]. The van der Waals surface area contributed by atoms with E-state index < -0.39 is 86.7 Å². The van der Waals surface area contributed by atoms with Gasteiger partial charge in [0.1, 0.15) is 17.1 Å². The second-order valence-corrected chi connectivity index (χ2v) is 14.2. The number of hydrogen-bond acceptors (Lipinski definition) is 7. The molecule has 0 bridgehead atoms. The van der Waals surface area contributed by atoms with Crippen LogP contribution in [0.5, 0.6) is 0 Å². The van der Waals surface area contributed by atoms with Crippen LogP contribution >= 0.6 is 0 Å². The number of rotatable bonds is 10. The van der Waals surface area contributed by atoms with Crippen molar-refractivity contribution in [2.75, 3.05) is 0 Å². The molecule has 0 fully saturated rings. The number of carbonyl (C=O) groups excluding carboxylic acids is 3. The van der Waals surface area contributed by atoms with Crippen molar-refractivity contribution in [3.8, 4) is 33.6 Å². The molecule has 1 aliphatic rings. The predicted molar refractivity (Wildman–Crippen MR) is 238 cm³/mol. The van der Waals surface area contributed by atoms with Crippen LogP contribution in [0.25, 0.3) is 39.2 Å². The number of H-pyrrole nitrogens is 1. The fourth-order valence-electron chi connectivity index (χ4n) is 6.63. The summed E-state index contributed by atoms with van der Waals surface area (Å²) < 4.78 is 136. The van der Waals surface area contributed by atoms with Gasteiger partial charge in [0.25, 0.3) is 5.56 Å². The molecule has 0 aliphatic heterocycles. The zero-order valence-electron chi connectivity index (χ0n) is 35.9. The van der Waals surface area contributed by atoms with Gasteiger partial charge >= 0.3 is 0 Å². The maximum Gasteiger partial charge on any atom is 0.257 e. The van der Waals surface area contributed by atoms with Crippen molar-refractivity contribution in [1.29, 1.82) is 0 Å². The van der Waals surface area contributed by atoms with E-state index >= 15 is 0 Å². The first-order valence-corrected chi connectivity index (χ1v) is 19.6. The number of allylic oxidation sites excluding steroid dienone is 4. The summed E-state index contributed by atoms with van der Waals surface area (Å²) in [5, 5.41) is 0. The normalized spacial score (nSPS) is 11.8. The molecule has 1 radical (unpaired) electrons. The van der Waals surface area contributed by atoms with Gasteiger partial charge in [0.2, 0.25) is 23.2 Å². The van der Waals surface area contributed by atoms with Gasteiger partial charge in [-0.1, -0.05) is 109 Å². The molecule has 71 heavy (non-hydrogen) atoms. The summed E-state index contributed by atoms with van der Waals surface area (Å²) in [6.45, 7) is 0. The molecule has 2 heterocycles. The van der Waals surface area contributed by atoms with Gasteiger partial charge in [-0.15, -0.1) is 0 Å². The van der Waals surface area contributed by atoms with Gasteiger partial charge in [0.05, 0.1) is 23.7 Å². The Morgan fingerprint density at radius 1 is 0.563 bits per heavy atom. The topological polar surface area (TPSA) is 122 Å². The molecular weight excluding hydrogens is 1040 g/mol. The molecule has 0 unspecified atom stereocenters. The number of ketones is 3. The third-order valence-corrected chi connectivity index (χ3v) is 9.93. The Balaban J connectivity index is 0.000000296. The number of aliphatic imine (C=N–C) groups is 2. The standard InChI is InChI=1S/2C25H13F5N2O2.CH3.Co.Fe/c26-19-20(27)22(29)24(23(30)21(19)28)31-12-17(33)15-11-16(13-7-3-1-4-8-13)32-25(34)18(15)14-9-5-2-6-10-14;26-19-20(27)22(29)25(23(30)21(19)28)31-12-18(34)24-15(14-8-4-5-9-17(14)33)10-11-16(32-24)13-6-2-1-3-7-13;;;/h1-12H,(H,32,34);1-8,10-12H,9H2;1H3;;/q;;-1;;. The Morgan fingerprint density at radius 2 is 1.00 bits per heavy atom. The molecule has 0 atom stereocenters. The zero-order valence-corrected chi connectivity index (χ0v) is 38.1. The first kappa shape index (κ1) is 55.9. The molecule has 8 rings (SSSR count). The molecule has 5 aromatic carbocycles. The van der Waals surface area contributed by atoms with Crippen molar-refractivity contribution in [3.63, 3.8) is 0 Å². The molecule has 0 saturated heterocycles. The minimum atomic E-state index is -2.34. The average molecular weight is 1070 g/mol. The van der Waals surface area contributed by atoms with Crippen molar-refractivity contribution in [1.82, 2.24) is 9.97 Å². The van der Waals surface area contributed by atoms with Gasteiger partial charge in [-0.05, 0) is 29.3 Å². The smallest absolute Gasteiger partial charge is 0.257 e. The molecule has 7 aromatic rings. The number of carbonyl (C=O) groups is 3. The summed E-state index contributed by atoms with van der Waals surface area (Å²) in [5.74, 6) is -24.4. The number of aromatic amines is 1. The van der Waals surface area contributed by atoms with Gasteiger partial charge in [0, 0.05) is 68.2 Å². The van der Waals surface area contributed by atoms with E-state index in [-0.39, 0.29) is 87.1 Å². The number of aromatic nitrogens is 2. The summed E-state index contributed by atoms with van der Waals surface area (Å²) in [6.07, 6.45) is 5.65. The summed E-state index contributed by atoms with van der Waals surface area (Å²) in [7, 11) is 0. The molecule has 0 saturated carbocycles. The van der Waals surface area contributed by atoms with Crippen molar-refractivity contribution >= 4 is 46.7 Å². The van der Waals surface area contributed by atoms with E-state index in [0.29, 0.717) is 34.8 Å². The maximum atomic E-state index is 13.9. The van der Waals surface area contributed by atoms with E-state index in [1.165, 1.54) is 18.2 Å². The summed E-state index contributed by atoms with van der Waals surface area (Å²) in [6, 6.07) is 29.8. The second-order valence-electron chi connectivity index (χ2n) is 14.2. The van der Waals surface area contributed by atoms with Gasteiger partial charge in [-0.3, -0.25) is 19.2 Å². The van der Waals surface area contributed by atoms with E-state index in [4.69, 9.17) is 0 Å². The minimum absolute atomic E-state index is 0. The summed E-state index contributed by atoms with van der Waals surface area (Å²) >= 11 is 0. The number of hydrogen-bond donors (Lipinski definition) is 1. The number of pyridine rings is 2. The number of nitrogens with one attached hydrogen (secondary N) is 1. The van der Waals surface area contributed by atoms with Gasteiger partial charge in [-0.25, -0.2) is 58.9 Å². The Morgan fingerprint density at radius 3 is 1.48 bits per heavy atom. The minimum Gasteiger partial charge on any atom is -0.358 e. The summed E-state index contributed by atoms with van der Waals surface area (Å²) in [5.41, 5.74) is -1.61. The largest absolute Gasteiger partial charge is 0.358 e. The van der Waals surface area contributed by atoms with Crippen LogP contribution in [-0.4, -0.2) is 39.7 Å². The Hall–Kier alpha value is -7.64. The van der Waals surface area contributed by atoms with E-state index in [2.05, 4.69) is 20.0 Å². The number of benzene rings is 5. The van der Waals surface area contributed by atoms with E-state index in [1.807, 2.05) is 0 Å². The van der Waals surface area contributed by atoms with Gasteiger partial charge in [-0.2, -0.15) is 0 Å². The van der Waals surface area contributed by atoms with E-state index in [0.717, 1.165) is 0 Å². The zero-order chi connectivity index (χ0) is 48.8. The number of Topliss-reactive ketones (excluding diaryl/α,β-unsaturated/α-hetero) is 3. The van der Waals surface area contributed by atoms with Gasteiger partial charge in [0.15, 0.2) is 52.3 Å². The van der Waals surface area contributed by atoms with E-state index in [1.54, 1.807) is 109 Å². The van der Waals surface area contributed by atoms with Crippen LogP contribution in [0.15, 0.2) is 142 Å². The molecule has 1 aliphatic carbocycles. The Labute approximate surface area is 417 Å². The summed E-state index contributed by atoms with van der Waals surface area (Å²) in [4.78, 5) is 64.7. The van der Waals surface area contributed by atoms with Crippen LogP contribution in [0.1, 0.15) is 32.8 Å². The van der Waals surface area contributed by atoms with Crippen LogP contribution < -0.4 is 5.56 Å². The molecule has 0 spiro atoms. The fraction of sp³-hybridized carbons (Fsp3) is 0.0196. The first-order chi connectivity index (χ1) is 32.6. The molecule has 0 amide bonds. The molecular formula is C51H29CoF10FeN4O4-. The number of nitrogens with zero attached hydrogens (tertiary/aromatic N) is 3.